The van der Waals surface area contributed by atoms with Gasteiger partial charge in [-0.05, 0) is 13.8 Å². The molecule has 0 radical (unpaired) electrons. The Labute approximate surface area is 105 Å². The standard InChI is InChI=1S/C11H17N3O4/c1-7-4-8(12-5-11(2,17)6-15)14-9(13-7)10(16)18-3/h4,15,17H,5-6H2,1-3H3,(H,12,13,14). The molecule has 3 N–H and O–H groups in total. The van der Waals surface area contributed by atoms with Crippen molar-refractivity contribution in [2.45, 2.75) is 19.4 Å². The smallest absolute Gasteiger partial charge is 0.376 e. The van der Waals surface area contributed by atoms with Crippen LogP contribution in [0, 0.1) is 6.92 Å². The number of aromatic nitrogens is 2. The normalized spacial score (nSPS) is 13.8. The molecule has 1 unspecified atom stereocenters. The molecule has 0 aromatic carbocycles. The summed E-state index contributed by atoms with van der Waals surface area (Å²) in [5, 5.41) is 21.4. The molecular weight excluding hydrogens is 238 g/mol. The molecule has 1 heterocycles. The van der Waals surface area contributed by atoms with Crippen LogP contribution in [0.3, 0.4) is 0 Å². The van der Waals surface area contributed by atoms with Gasteiger partial charge in [-0.3, -0.25) is 0 Å². The lowest BCUT2D eigenvalue weighted by Crippen LogP contribution is -2.37. The fourth-order valence-corrected chi connectivity index (χ4v) is 1.18. The summed E-state index contributed by atoms with van der Waals surface area (Å²) in [6.07, 6.45) is 0. The van der Waals surface area contributed by atoms with E-state index in [4.69, 9.17) is 5.11 Å². The summed E-state index contributed by atoms with van der Waals surface area (Å²) in [6, 6.07) is 1.62. The lowest BCUT2D eigenvalue weighted by Gasteiger charge is -2.21. The number of nitrogens with one attached hydrogen (secondary N) is 1. The van der Waals surface area contributed by atoms with E-state index < -0.39 is 11.6 Å². The number of aryl methyl sites for hydroxylation is 1. The third-order valence-electron chi connectivity index (χ3n) is 2.21. The summed E-state index contributed by atoms with van der Waals surface area (Å²) < 4.78 is 4.53. The Morgan fingerprint density at radius 1 is 1.56 bits per heavy atom. The van der Waals surface area contributed by atoms with E-state index in [1.165, 1.54) is 14.0 Å². The molecule has 0 bridgehead atoms. The average Bonchev–Trinajstić information content (AvgIpc) is 2.35. The highest BCUT2D eigenvalue weighted by Crippen LogP contribution is 2.09. The molecule has 1 rings (SSSR count). The van der Waals surface area contributed by atoms with Crippen molar-refractivity contribution in [1.29, 1.82) is 0 Å². The van der Waals surface area contributed by atoms with E-state index in [0.29, 0.717) is 11.5 Å². The molecular formula is C11H17N3O4. The van der Waals surface area contributed by atoms with Crippen LogP contribution in [-0.4, -0.2) is 52.0 Å². The SMILES string of the molecule is COC(=O)c1nc(C)cc(NCC(C)(O)CO)n1. The van der Waals surface area contributed by atoms with Gasteiger partial charge in [0.25, 0.3) is 0 Å². The van der Waals surface area contributed by atoms with Crippen molar-refractivity contribution >= 4 is 11.8 Å². The quantitative estimate of drug-likeness (QED) is 0.622. The van der Waals surface area contributed by atoms with Crippen LogP contribution in [0.2, 0.25) is 0 Å². The zero-order valence-electron chi connectivity index (χ0n) is 10.6. The van der Waals surface area contributed by atoms with Crippen molar-refractivity contribution in [3.8, 4) is 0 Å². The van der Waals surface area contributed by atoms with Crippen LogP contribution >= 0.6 is 0 Å². The van der Waals surface area contributed by atoms with Gasteiger partial charge >= 0.3 is 5.97 Å². The third-order valence-corrected chi connectivity index (χ3v) is 2.21. The number of methoxy groups -OCH3 is 1. The van der Waals surface area contributed by atoms with Crippen LogP contribution in [0.1, 0.15) is 23.2 Å². The molecule has 0 aliphatic heterocycles. The van der Waals surface area contributed by atoms with Crippen molar-refractivity contribution in [2.24, 2.45) is 0 Å². The predicted molar refractivity (Wildman–Crippen MR) is 64.3 cm³/mol. The minimum Gasteiger partial charge on any atom is -0.463 e. The van der Waals surface area contributed by atoms with Crippen LogP contribution < -0.4 is 5.32 Å². The number of anilines is 1. The molecule has 0 saturated heterocycles. The highest BCUT2D eigenvalue weighted by molar-refractivity contribution is 5.85. The van der Waals surface area contributed by atoms with Crippen molar-refractivity contribution in [2.75, 3.05) is 25.6 Å². The first-order chi connectivity index (χ1) is 8.38. The van der Waals surface area contributed by atoms with E-state index in [1.54, 1.807) is 13.0 Å². The summed E-state index contributed by atoms with van der Waals surface area (Å²) in [6.45, 7) is 2.91. The Bertz CT molecular complexity index is 434. The minimum absolute atomic E-state index is 0.0522. The Kier molecular flexibility index (Phi) is 4.57. The highest BCUT2D eigenvalue weighted by atomic mass is 16.5. The van der Waals surface area contributed by atoms with Crippen molar-refractivity contribution in [1.82, 2.24) is 9.97 Å². The van der Waals surface area contributed by atoms with Gasteiger partial charge in [0.05, 0.1) is 13.7 Å². The van der Waals surface area contributed by atoms with Gasteiger partial charge in [0, 0.05) is 18.3 Å². The number of hydrogen-bond acceptors (Lipinski definition) is 7. The zero-order valence-corrected chi connectivity index (χ0v) is 10.6. The Balaban J connectivity index is 2.84. The summed E-state index contributed by atoms with van der Waals surface area (Å²) in [5.74, 6) is -0.295. The minimum atomic E-state index is -1.26. The predicted octanol–water partition coefficient (Wildman–Crippen LogP) is -0.273. The van der Waals surface area contributed by atoms with Crippen LogP contribution in [0.5, 0.6) is 0 Å². The molecule has 0 aliphatic rings. The Hall–Kier alpha value is -1.73. The molecule has 0 spiro atoms. The average molecular weight is 255 g/mol. The highest BCUT2D eigenvalue weighted by Gasteiger charge is 2.19. The van der Waals surface area contributed by atoms with Gasteiger partial charge in [0.2, 0.25) is 5.82 Å². The summed E-state index contributed by atoms with van der Waals surface area (Å²) in [5.41, 5.74) is -0.666. The van der Waals surface area contributed by atoms with Crippen LogP contribution in [0.25, 0.3) is 0 Å². The van der Waals surface area contributed by atoms with E-state index in [0.717, 1.165) is 0 Å². The fraction of sp³-hybridized carbons (Fsp3) is 0.545. The van der Waals surface area contributed by atoms with Gasteiger partial charge in [0.1, 0.15) is 11.4 Å². The van der Waals surface area contributed by atoms with E-state index in [-0.39, 0.29) is 19.0 Å². The van der Waals surface area contributed by atoms with Gasteiger partial charge in [-0.15, -0.1) is 0 Å². The number of esters is 1. The maximum absolute atomic E-state index is 11.3. The van der Waals surface area contributed by atoms with Gasteiger partial charge in [0.15, 0.2) is 0 Å². The Morgan fingerprint density at radius 2 is 2.22 bits per heavy atom. The first-order valence-corrected chi connectivity index (χ1v) is 5.39. The third kappa shape index (κ3) is 3.94. The first-order valence-electron chi connectivity index (χ1n) is 5.39. The Morgan fingerprint density at radius 3 is 2.78 bits per heavy atom. The molecule has 1 aromatic rings. The number of ether oxygens (including phenoxy) is 1. The summed E-state index contributed by atoms with van der Waals surface area (Å²) in [7, 11) is 1.25. The maximum Gasteiger partial charge on any atom is 0.376 e. The molecule has 7 heteroatoms. The van der Waals surface area contributed by atoms with Crippen LogP contribution in [-0.2, 0) is 4.74 Å². The van der Waals surface area contributed by atoms with Gasteiger partial charge in [-0.2, -0.15) is 0 Å². The van der Waals surface area contributed by atoms with E-state index >= 15 is 0 Å². The van der Waals surface area contributed by atoms with Crippen molar-refractivity contribution in [3.05, 3.63) is 17.6 Å². The molecule has 0 aliphatic carbocycles. The van der Waals surface area contributed by atoms with Gasteiger partial charge in [-0.25, -0.2) is 14.8 Å². The zero-order chi connectivity index (χ0) is 13.8. The van der Waals surface area contributed by atoms with Crippen molar-refractivity contribution < 1.29 is 19.7 Å². The second-order valence-electron chi connectivity index (χ2n) is 4.22. The van der Waals surface area contributed by atoms with Gasteiger partial charge in [-0.1, -0.05) is 0 Å². The fourth-order valence-electron chi connectivity index (χ4n) is 1.18. The molecule has 0 saturated carbocycles. The number of carbonyl (C=O) groups excluding carboxylic acids is 1. The van der Waals surface area contributed by atoms with Crippen LogP contribution in [0.4, 0.5) is 5.82 Å². The molecule has 7 nitrogen and oxygen atoms in total. The number of aliphatic hydroxyl groups is 2. The maximum atomic E-state index is 11.3. The molecule has 0 fully saturated rings. The number of carbonyl (C=O) groups is 1. The van der Waals surface area contributed by atoms with E-state index in [1.807, 2.05) is 0 Å². The number of hydrogen-bond donors (Lipinski definition) is 3. The number of nitrogens with zero attached hydrogens (tertiary/aromatic N) is 2. The molecule has 1 atom stereocenters. The molecule has 0 amide bonds. The first kappa shape index (κ1) is 14.3. The number of rotatable bonds is 5. The molecule has 1 aromatic heterocycles. The molecule has 18 heavy (non-hydrogen) atoms. The molecule has 100 valence electrons. The van der Waals surface area contributed by atoms with E-state index in [9.17, 15) is 9.90 Å². The van der Waals surface area contributed by atoms with E-state index in [2.05, 4.69) is 20.0 Å². The monoisotopic (exact) mass is 255 g/mol. The number of aliphatic hydroxyl groups excluding tert-OH is 1. The lowest BCUT2D eigenvalue weighted by molar-refractivity contribution is 0.0131. The second-order valence-corrected chi connectivity index (χ2v) is 4.22. The lowest BCUT2D eigenvalue weighted by atomic mass is 10.1. The van der Waals surface area contributed by atoms with Crippen LogP contribution in [0.15, 0.2) is 6.07 Å². The largest absolute Gasteiger partial charge is 0.463 e. The topological polar surface area (TPSA) is 105 Å². The van der Waals surface area contributed by atoms with Gasteiger partial charge < -0.3 is 20.3 Å². The van der Waals surface area contributed by atoms with Crippen molar-refractivity contribution in [3.63, 3.8) is 0 Å². The second kappa shape index (κ2) is 5.74. The summed E-state index contributed by atoms with van der Waals surface area (Å²) >= 11 is 0. The summed E-state index contributed by atoms with van der Waals surface area (Å²) in [4.78, 5) is 19.2.